The summed E-state index contributed by atoms with van der Waals surface area (Å²) in [5.41, 5.74) is -1.47. The third-order valence-electron chi connectivity index (χ3n) is 5.06. The number of alkyl halides is 3. The molecule has 34 heavy (non-hydrogen) atoms. The molecule has 3 aromatic rings. The lowest BCUT2D eigenvalue weighted by molar-refractivity contribution is -0.137. The van der Waals surface area contributed by atoms with Crippen LogP contribution in [0.3, 0.4) is 0 Å². The second kappa shape index (κ2) is 8.75. The Balaban J connectivity index is 1.54. The molecule has 0 bridgehead atoms. The van der Waals surface area contributed by atoms with Crippen molar-refractivity contribution in [1.82, 2.24) is 0 Å². The highest BCUT2D eigenvalue weighted by Crippen LogP contribution is 2.34. The van der Waals surface area contributed by atoms with Crippen molar-refractivity contribution in [1.29, 1.82) is 0 Å². The Morgan fingerprint density at radius 3 is 2.29 bits per heavy atom. The molecule has 1 aliphatic heterocycles. The summed E-state index contributed by atoms with van der Waals surface area (Å²) in [5.74, 6) is -3.18. The second-order valence-corrected chi connectivity index (χ2v) is 7.64. The Hall–Kier alpha value is -3.98. The molecule has 1 heterocycles. The number of esters is 1. The maximum absolute atomic E-state index is 13.0. The number of Topliss-reactive ketones (excluding diaryl/α,β-unsaturated/α-hetero) is 1. The molecule has 2 amide bonds. The zero-order valence-corrected chi connectivity index (χ0v) is 17.8. The van der Waals surface area contributed by atoms with Crippen molar-refractivity contribution in [3.8, 4) is 0 Å². The lowest BCUT2D eigenvalue weighted by Gasteiger charge is -2.16. The number of ketones is 1. The number of rotatable bonds is 5. The predicted octanol–water partition coefficient (Wildman–Crippen LogP) is 5.20. The van der Waals surface area contributed by atoms with Gasteiger partial charge >= 0.3 is 12.1 Å². The number of carbonyl (C=O) groups excluding carboxylic acids is 4. The van der Waals surface area contributed by atoms with E-state index in [1.807, 2.05) is 0 Å². The van der Waals surface area contributed by atoms with Crippen LogP contribution < -0.4 is 4.90 Å². The summed E-state index contributed by atoms with van der Waals surface area (Å²) in [4.78, 5) is 50.8. The third-order valence-corrected chi connectivity index (χ3v) is 5.39. The van der Waals surface area contributed by atoms with E-state index in [4.69, 9.17) is 16.3 Å². The highest BCUT2D eigenvalue weighted by Gasteiger charge is 2.39. The van der Waals surface area contributed by atoms with Crippen LogP contribution in [0.2, 0.25) is 5.02 Å². The van der Waals surface area contributed by atoms with Gasteiger partial charge in [0.25, 0.3) is 11.8 Å². The number of hydrogen-bond acceptors (Lipinski definition) is 5. The van der Waals surface area contributed by atoms with E-state index in [0.29, 0.717) is 11.0 Å². The van der Waals surface area contributed by atoms with Gasteiger partial charge in [0.15, 0.2) is 6.61 Å². The summed E-state index contributed by atoms with van der Waals surface area (Å²) in [5, 5.41) is 0.194. The Morgan fingerprint density at radius 2 is 1.59 bits per heavy atom. The van der Waals surface area contributed by atoms with Crippen LogP contribution in [-0.2, 0) is 10.9 Å². The Kier molecular flexibility index (Phi) is 5.97. The minimum Gasteiger partial charge on any atom is -0.454 e. The van der Waals surface area contributed by atoms with E-state index in [9.17, 15) is 32.3 Å². The monoisotopic (exact) mass is 487 g/mol. The maximum Gasteiger partial charge on any atom is 0.416 e. The van der Waals surface area contributed by atoms with Gasteiger partial charge in [-0.1, -0.05) is 29.8 Å². The number of anilines is 1. The average molecular weight is 488 g/mol. The fraction of sp³-hybridized carbons (Fsp3) is 0.0833. The summed E-state index contributed by atoms with van der Waals surface area (Å²) in [6.45, 7) is -0.608. The Labute approximate surface area is 195 Å². The number of ether oxygens (including phenoxy) is 1. The molecule has 0 aliphatic carbocycles. The van der Waals surface area contributed by atoms with E-state index in [-0.39, 0.29) is 33.0 Å². The van der Waals surface area contributed by atoms with E-state index in [0.717, 1.165) is 18.2 Å². The minimum atomic E-state index is -4.66. The molecule has 0 saturated carbocycles. The minimum absolute atomic E-state index is 0.0777. The van der Waals surface area contributed by atoms with Crippen molar-refractivity contribution in [2.24, 2.45) is 0 Å². The standard InChI is InChI=1S/C24H13ClF3NO5/c25-19-7-2-1-6-17(19)20(30)12-34-23(33)13-8-9-16-18(10-13)22(32)29(21(16)31)15-5-3-4-14(11-15)24(26,27)28/h1-11H,12H2. The molecule has 0 aromatic heterocycles. The van der Waals surface area contributed by atoms with Crippen LogP contribution in [0.4, 0.5) is 18.9 Å². The largest absolute Gasteiger partial charge is 0.454 e. The van der Waals surface area contributed by atoms with Crippen molar-refractivity contribution in [3.63, 3.8) is 0 Å². The molecule has 0 saturated heterocycles. The highest BCUT2D eigenvalue weighted by atomic mass is 35.5. The number of nitrogens with zero attached hydrogens (tertiary/aromatic N) is 1. The molecule has 172 valence electrons. The lowest BCUT2D eigenvalue weighted by atomic mass is 10.1. The molecule has 0 N–H and O–H groups in total. The number of fused-ring (bicyclic) bond motifs is 1. The second-order valence-electron chi connectivity index (χ2n) is 7.23. The van der Waals surface area contributed by atoms with Gasteiger partial charge in [0.05, 0.1) is 33.0 Å². The first-order valence-electron chi connectivity index (χ1n) is 9.73. The first-order chi connectivity index (χ1) is 16.1. The quantitative estimate of drug-likeness (QED) is 0.281. The molecule has 0 spiro atoms. The van der Waals surface area contributed by atoms with E-state index in [1.54, 1.807) is 12.1 Å². The SMILES string of the molecule is O=C(OCC(=O)c1ccccc1Cl)c1ccc2c(c1)C(=O)N(c1cccc(C(F)(F)F)c1)C2=O. The summed E-state index contributed by atoms with van der Waals surface area (Å²) in [7, 11) is 0. The number of benzene rings is 3. The van der Waals surface area contributed by atoms with Gasteiger partial charge in [0, 0.05) is 5.56 Å². The predicted molar refractivity (Wildman–Crippen MR) is 115 cm³/mol. The maximum atomic E-state index is 13.0. The van der Waals surface area contributed by atoms with Gasteiger partial charge in [0.1, 0.15) is 0 Å². The van der Waals surface area contributed by atoms with E-state index >= 15 is 0 Å². The third kappa shape index (κ3) is 4.29. The summed E-state index contributed by atoms with van der Waals surface area (Å²) in [6, 6.07) is 13.5. The van der Waals surface area contributed by atoms with Gasteiger partial charge in [-0.3, -0.25) is 14.4 Å². The van der Waals surface area contributed by atoms with E-state index in [2.05, 4.69) is 0 Å². The lowest BCUT2D eigenvalue weighted by Crippen LogP contribution is -2.29. The van der Waals surface area contributed by atoms with Crippen LogP contribution in [0.1, 0.15) is 47.0 Å². The van der Waals surface area contributed by atoms with Crippen molar-refractivity contribution < 1.29 is 37.1 Å². The molecular formula is C24H13ClF3NO5. The summed E-state index contributed by atoms with van der Waals surface area (Å²) in [6.07, 6.45) is -4.66. The fourth-order valence-electron chi connectivity index (χ4n) is 3.40. The van der Waals surface area contributed by atoms with Gasteiger partial charge in [-0.05, 0) is 48.5 Å². The van der Waals surface area contributed by atoms with Crippen LogP contribution in [0.5, 0.6) is 0 Å². The summed E-state index contributed by atoms with van der Waals surface area (Å²) < 4.78 is 44.1. The Bertz CT molecular complexity index is 1350. The van der Waals surface area contributed by atoms with Crippen molar-refractivity contribution in [2.75, 3.05) is 11.5 Å². The molecule has 0 fully saturated rings. The summed E-state index contributed by atoms with van der Waals surface area (Å²) >= 11 is 5.95. The topological polar surface area (TPSA) is 80.8 Å². The molecule has 6 nitrogen and oxygen atoms in total. The van der Waals surface area contributed by atoms with Crippen LogP contribution >= 0.6 is 11.6 Å². The number of halogens is 4. The number of hydrogen-bond donors (Lipinski definition) is 0. The van der Waals surface area contributed by atoms with E-state index in [1.165, 1.54) is 30.3 Å². The average Bonchev–Trinajstić information content (AvgIpc) is 3.06. The fourth-order valence-corrected chi connectivity index (χ4v) is 3.64. The van der Waals surface area contributed by atoms with Crippen molar-refractivity contribution in [3.05, 3.63) is 99.6 Å². The Morgan fingerprint density at radius 1 is 0.882 bits per heavy atom. The number of imide groups is 1. The van der Waals surface area contributed by atoms with Crippen LogP contribution in [-0.4, -0.2) is 30.2 Å². The smallest absolute Gasteiger partial charge is 0.416 e. The van der Waals surface area contributed by atoms with Crippen molar-refractivity contribution in [2.45, 2.75) is 6.18 Å². The van der Waals surface area contributed by atoms with Gasteiger partial charge in [-0.25, -0.2) is 9.69 Å². The molecule has 1 aliphatic rings. The van der Waals surface area contributed by atoms with E-state index < -0.39 is 41.9 Å². The highest BCUT2D eigenvalue weighted by molar-refractivity contribution is 6.35. The van der Waals surface area contributed by atoms with Crippen LogP contribution in [0.15, 0.2) is 66.7 Å². The molecule has 0 radical (unpaired) electrons. The van der Waals surface area contributed by atoms with Crippen LogP contribution in [0, 0.1) is 0 Å². The first-order valence-corrected chi connectivity index (χ1v) is 10.1. The molecule has 0 atom stereocenters. The van der Waals surface area contributed by atoms with Crippen molar-refractivity contribution >= 4 is 40.9 Å². The van der Waals surface area contributed by atoms with Gasteiger partial charge in [-0.2, -0.15) is 13.2 Å². The molecule has 4 rings (SSSR count). The zero-order valence-electron chi connectivity index (χ0n) is 17.1. The van der Waals surface area contributed by atoms with Crippen LogP contribution in [0.25, 0.3) is 0 Å². The molecule has 10 heteroatoms. The zero-order chi connectivity index (χ0) is 24.6. The molecule has 3 aromatic carbocycles. The first kappa shape index (κ1) is 23.2. The van der Waals surface area contributed by atoms with Gasteiger partial charge in [0.2, 0.25) is 5.78 Å². The normalized spacial score (nSPS) is 13.1. The number of amides is 2. The van der Waals surface area contributed by atoms with Gasteiger partial charge in [-0.15, -0.1) is 0 Å². The number of carbonyl (C=O) groups is 4. The van der Waals surface area contributed by atoms with Gasteiger partial charge < -0.3 is 4.74 Å². The molecular weight excluding hydrogens is 475 g/mol. The molecule has 0 unspecified atom stereocenters.